The number of aryl methyl sites for hydroxylation is 2. The third-order valence-electron chi connectivity index (χ3n) is 6.38. The smallest absolute Gasteiger partial charge is 0.284 e. The molecule has 1 N–H and O–H groups in total. The molecule has 2 aliphatic rings. The van der Waals surface area contributed by atoms with Crippen LogP contribution in [0.1, 0.15) is 24.5 Å². The van der Waals surface area contributed by atoms with Gasteiger partial charge in [0, 0.05) is 12.2 Å². The van der Waals surface area contributed by atoms with Gasteiger partial charge in [-0.2, -0.15) is 4.31 Å². The second-order valence-electron chi connectivity index (χ2n) is 8.32. The van der Waals surface area contributed by atoms with Crippen LogP contribution in [-0.2, 0) is 21.2 Å². The third-order valence-corrected chi connectivity index (χ3v) is 8.30. The average molecular weight is 429 g/mol. The number of amides is 1. The molecule has 0 saturated carbocycles. The Morgan fingerprint density at radius 2 is 1.67 bits per heavy atom. The lowest BCUT2D eigenvalue weighted by molar-refractivity contribution is -0.917. The summed E-state index contributed by atoms with van der Waals surface area (Å²) in [5.41, 5.74) is 3.30. The van der Waals surface area contributed by atoms with Gasteiger partial charge < -0.3 is 9.80 Å². The third kappa shape index (κ3) is 4.02. The molecule has 160 valence electrons. The zero-order valence-corrected chi connectivity index (χ0v) is 18.5. The number of rotatable bonds is 4. The van der Waals surface area contributed by atoms with Gasteiger partial charge in [-0.05, 0) is 50.5 Å². The van der Waals surface area contributed by atoms with Gasteiger partial charge in [0.15, 0.2) is 6.04 Å². The van der Waals surface area contributed by atoms with Crippen LogP contribution in [0.5, 0.6) is 0 Å². The summed E-state index contributed by atoms with van der Waals surface area (Å²) in [5, 5.41) is 0. The molecule has 1 saturated heterocycles. The maximum absolute atomic E-state index is 13.3. The van der Waals surface area contributed by atoms with Crippen LogP contribution in [0.25, 0.3) is 0 Å². The van der Waals surface area contributed by atoms with Crippen molar-refractivity contribution in [1.29, 1.82) is 0 Å². The molecule has 6 nitrogen and oxygen atoms in total. The van der Waals surface area contributed by atoms with Crippen molar-refractivity contribution < 1.29 is 18.1 Å². The lowest BCUT2D eigenvalue weighted by Crippen LogP contribution is -3.19. The van der Waals surface area contributed by atoms with Crippen LogP contribution in [0.2, 0.25) is 0 Å². The Morgan fingerprint density at radius 1 is 1.00 bits per heavy atom. The monoisotopic (exact) mass is 428 g/mol. The summed E-state index contributed by atoms with van der Waals surface area (Å²) in [6, 6.07) is 14.9. The quantitative estimate of drug-likeness (QED) is 0.797. The topological polar surface area (TPSA) is 62.1 Å². The fourth-order valence-corrected chi connectivity index (χ4v) is 5.92. The van der Waals surface area contributed by atoms with Crippen molar-refractivity contribution in [3.63, 3.8) is 0 Å². The van der Waals surface area contributed by atoms with Crippen molar-refractivity contribution in [2.75, 3.05) is 37.6 Å². The van der Waals surface area contributed by atoms with Crippen LogP contribution in [0.3, 0.4) is 0 Å². The summed E-state index contributed by atoms with van der Waals surface area (Å²) >= 11 is 0. The number of anilines is 1. The Kier molecular flexibility index (Phi) is 5.95. The van der Waals surface area contributed by atoms with Gasteiger partial charge in [0.25, 0.3) is 5.91 Å². The number of carbonyl (C=O) groups is 1. The number of quaternary nitrogens is 1. The van der Waals surface area contributed by atoms with Crippen LogP contribution in [0.15, 0.2) is 53.4 Å². The lowest BCUT2D eigenvalue weighted by atomic mass is 10.0. The summed E-state index contributed by atoms with van der Waals surface area (Å²) in [5.74, 6) is 0.131. The van der Waals surface area contributed by atoms with E-state index in [1.54, 1.807) is 16.4 Å². The number of nitrogens with one attached hydrogen (secondary N) is 1. The van der Waals surface area contributed by atoms with Crippen LogP contribution in [0, 0.1) is 6.92 Å². The largest absolute Gasteiger partial charge is 0.323 e. The van der Waals surface area contributed by atoms with E-state index in [0.717, 1.165) is 35.5 Å². The second kappa shape index (κ2) is 8.49. The molecule has 0 radical (unpaired) electrons. The summed E-state index contributed by atoms with van der Waals surface area (Å²) in [4.78, 5) is 16.7. The molecule has 7 heteroatoms. The molecule has 4 rings (SSSR count). The maximum Gasteiger partial charge on any atom is 0.284 e. The molecule has 0 spiro atoms. The Labute approximate surface area is 179 Å². The molecule has 1 atom stereocenters. The summed E-state index contributed by atoms with van der Waals surface area (Å²) in [6.07, 6.45) is 1.99. The van der Waals surface area contributed by atoms with Crippen molar-refractivity contribution in [1.82, 2.24) is 4.31 Å². The highest BCUT2D eigenvalue weighted by Crippen LogP contribution is 2.27. The number of hydrogen-bond donors (Lipinski definition) is 1. The van der Waals surface area contributed by atoms with Gasteiger partial charge in [-0.25, -0.2) is 8.42 Å². The molecule has 2 aliphatic heterocycles. The highest BCUT2D eigenvalue weighted by molar-refractivity contribution is 7.89. The van der Waals surface area contributed by atoms with E-state index >= 15 is 0 Å². The minimum absolute atomic E-state index is 0.131. The van der Waals surface area contributed by atoms with E-state index in [-0.39, 0.29) is 11.9 Å². The van der Waals surface area contributed by atoms with Gasteiger partial charge in [0.05, 0.1) is 31.1 Å². The number of carbonyl (C=O) groups excluding carboxylic acids is 1. The molecule has 0 aromatic heterocycles. The first-order valence-corrected chi connectivity index (χ1v) is 12.1. The van der Waals surface area contributed by atoms with Crippen molar-refractivity contribution in [3.8, 4) is 0 Å². The molecular weight excluding hydrogens is 398 g/mol. The van der Waals surface area contributed by atoms with Crippen molar-refractivity contribution in [3.05, 3.63) is 59.7 Å². The number of piperazine rings is 1. The summed E-state index contributed by atoms with van der Waals surface area (Å²) < 4.78 is 27.4. The Bertz CT molecular complexity index is 1010. The molecule has 30 heavy (non-hydrogen) atoms. The van der Waals surface area contributed by atoms with Crippen LogP contribution < -0.4 is 9.80 Å². The first kappa shape index (κ1) is 21.0. The number of para-hydroxylation sites is 1. The molecule has 0 unspecified atom stereocenters. The lowest BCUT2D eigenvalue weighted by Gasteiger charge is -2.37. The van der Waals surface area contributed by atoms with Gasteiger partial charge in [0.1, 0.15) is 0 Å². The van der Waals surface area contributed by atoms with Gasteiger partial charge in [0.2, 0.25) is 10.0 Å². The van der Waals surface area contributed by atoms with Crippen molar-refractivity contribution in [2.24, 2.45) is 0 Å². The Morgan fingerprint density at radius 3 is 2.37 bits per heavy atom. The number of hydrogen-bond acceptors (Lipinski definition) is 3. The summed E-state index contributed by atoms with van der Waals surface area (Å²) in [6.45, 7) is 6.79. The van der Waals surface area contributed by atoms with Gasteiger partial charge >= 0.3 is 0 Å². The van der Waals surface area contributed by atoms with Crippen LogP contribution in [-0.4, -0.2) is 57.4 Å². The maximum atomic E-state index is 13.3. The van der Waals surface area contributed by atoms with E-state index in [4.69, 9.17) is 0 Å². The minimum Gasteiger partial charge on any atom is -0.323 e. The molecule has 2 aromatic rings. The SMILES string of the molecule is Cc1ccc(S(=O)(=O)N2CC[NH+]([C@H](C)C(=O)N3CCCc4ccccc43)CC2)cc1. The first-order chi connectivity index (χ1) is 14.4. The predicted molar refractivity (Wildman–Crippen MR) is 117 cm³/mol. The van der Waals surface area contributed by atoms with Crippen molar-refractivity contribution in [2.45, 2.75) is 37.6 Å². The molecule has 0 aliphatic carbocycles. The fraction of sp³-hybridized carbons (Fsp3) is 0.435. The molecule has 2 aromatic carbocycles. The van der Waals surface area contributed by atoms with Gasteiger partial charge in [-0.15, -0.1) is 0 Å². The van der Waals surface area contributed by atoms with E-state index < -0.39 is 10.0 Å². The summed E-state index contributed by atoms with van der Waals surface area (Å²) in [7, 11) is -3.48. The van der Waals surface area contributed by atoms with E-state index in [1.165, 1.54) is 5.56 Å². The van der Waals surface area contributed by atoms with Gasteiger partial charge in [-0.1, -0.05) is 35.9 Å². The zero-order chi connectivity index (χ0) is 21.3. The van der Waals surface area contributed by atoms with Crippen LogP contribution >= 0.6 is 0 Å². The van der Waals surface area contributed by atoms with E-state index in [9.17, 15) is 13.2 Å². The minimum atomic E-state index is -3.48. The molecule has 0 bridgehead atoms. The van der Waals surface area contributed by atoms with E-state index in [0.29, 0.717) is 31.1 Å². The molecule has 1 amide bonds. The first-order valence-electron chi connectivity index (χ1n) is 10.7. The highest BCUT2D eigenvalue weighted by Gasteiger charge is 2.37. The second-order valence-corrected chi connectivity index (χ2v) is 10.3. The molecular formula is C23H30N3O3S+. The number of nitrogens with zero attached hydrogens (tertiary/aromatic N) is 2. The standard InChI is InChI=1S/C23H29N3O3S/c1-18-9-11-21(12-10-18)30(28,29)25-16-14-24(15-17-25)19(2)23(27)26-13-5-7-20-6-3-4-8-22(20)26/h3-4,6,8-12,19H,5,7,13-17H2,1-2H3/p+1/t19-/m1/s1. The van der Waals surface area contributed by atoms with E-state index in [1.807, 2.05) is 49.1 Å². The normalized spacial score (nSPS) is 19.3. The predicted octanol–water partition coefficient (Wildman–Crippen LogP) is 1.25. The average Bonchev–Trinajstić information content (AvgIpc) is 2.78. The fourth-order valence-electron chi connectivity index (χ4n) is 4.48. The number of benzene rings is 2. The van der Waals surface area contributed by atoms with Crippen molar-refractivity contribution >= 4 is 21.6 Å². The number of fused-ring (bicyclic) bond motifs is 1. The Balaban J connectivity index is 1.42. The van der Waals surface area contributed by atoms with E-state index in [2.05, 4.69) is 6.07 Å². The van der Waals surface area contributed by atoms with Crippen LogP contribution in [0.4, 0.5) is 5.69 Å². The van der Waals surface area contributed by atoms with Gasteiger partial charge in [-0.3, -0.25) is 4.79 Å². The molecule has 2 heterocycles. The molecule has 1 fully saturated rings. The Hall–Kier alpha value is -2.22. The highest BCUT2D eigenvalue weighted by atomic mass is 32.2. The zero-order valence-electron chi connectivity index (χ0n) is 17.7. The number of sulfonamides is 1.